The molecule has 1 saturated carbocycles. The first kappa shape index (κ1) is 10.4. The fourth-order valence-corrected chi connectivity index (χ4v) is 2.61. The molecular formula is C11H14BrNS. The Morgan fingerprint density at radius 1 is 1.43 bits per heavy atom. The normalized spacial score (nSPS) is 17.9. The van der Waals surface area contributed by atoms with Crippen LogP contribution in [0.4, 0.5) is 5.69 Å². The molecule has 1 aromatic rings. The molecule has 76 valence electrons. The molecular weight excluding hydrogens is 258 g/mol. The highest BCUT2D eigenvalue weighted by Gasteiger charge is 2.41. The van der Waals surface area contributed by atoms with Crippen LogP contribution in [0, 0.1) is 0 Å². The van der Waals surface area contributed by atoms with Crippen molar-refractivity contribution in [2.45, 2.75) is 17.6 Å². The van der Waals surface area contributed by atoms with Crippen molar-refractivity contribution in [3.05, 3.63) is 28.7 Å². The summed E-state index contributed by atoms with van der Waals surface area (Å²) >= 11 is 5.52. The van der Waals surface area contributed by atoms with E-state index in [9.17, 15) is 0 Å². The van der Waals surface area contributed by atoms with Gasteiger partial charge in [-0.1, -0.05) is 12.1 Å². The van der Waals surface area contributed by atoms with Gasteiger partial charge < -0.3 is 5.32 Å². The third-order valence-electron chi connectivity index (χ3n) is 2.72. The highest BCUT2D eigenvalue weighted by molar-refractivity contribution is 9.10. The molecule has 0 spiro atoms. The number of rotatable bonds is 4. The first-order valence-electron chi connectivity index (χ1n) is 4.79. The van der Waals surface area contributed by atoms with Crippen LogP contribution in [-0.4, -0.2) is 17.5 Å². The third-order valence-corrected chi connectivity index (χ3v) is 4.83. The molecule has 0 unspecified atom stereocenters. The van der Waals surface area contributed by atoms with Crippen LogP contribution in [0.15, 0.2) is 28.7 Å². The van der Waals surface area contributed by atoms with Gasteiger partial charge in [-0.2, -0.15) is 11.8 Å². The Kier molecular flexibility index (Phi) is 3.07. The SMILES string of the molecule is CSC1(CNc2ccccc2Br)CC1. The van der Waals surface area contributed by atoms with Gasteiger partial charge >= 0.3 is 0 Å². The van der Waals surface area contributed by atoms with E-state index in [1.54, 1.807) is 0 Å². The molecule has 1 aliphatic rings. The fraction of sp³-hybridized carbons (Fsp3) is 0.455. The molecule has 1 nitrogen and oxygen atoms in total. The van der Waals surface area contributed by atoms with Gasteiger partial charge in [0.2, 0.25) is 0 Å². The molecule has 1 aromatic carbocycles. The monoisotopic (exact) mass is 271 g/mol. The summed E-state index contributed by atoms with van der Waals surface area (Å²) in [6, 6.07) is 8.28. The van der Waals surface area contributed by atoms with Crippen molar-refractivity contribution in [2.75, 3.05) is 18.1 Å². The van der Waals surface area contributed by atoms with Crippen LogP contribution in [0.5, 0.6) is 0 Å². The van der Waals surface area contributed by atoms with E-state index >= 15 is 0 Å². The first-order valence-corrected chi connectivity index (χ1v) is 6.81. The summed E-state index contributed by atoms with van der Waals surface area (Å²) in [5, 5.41) is 3.50. The lowest BCUT2D eigenvalue weighted by molar-refractivity contribution is 0.948. The fourth-order valence-electron chi connectivity index (χ4n) is 1.45. The third kappa shape index (κ3) is 2.26. The number of halogens is 1. The summed E-state index contributed by atoms with van der Waals surface area (Å²) < 4.78 is 1.67. The smallest absolute Gasteiger partial charge is 0.0485 e. The average molecular weight is 272 g/mol. The summed E-state index contributed by atoms with van der Waals surface area (Å²) in [5.41, 5.74) is 1.20. The van der Waals surface area contributed by atoms with E-state index < -0.39 is 0 Å². The second kappa shape index (κ2) is 4.15. The number of nitrogens with one attached hydrogen (secondary N) is 1. The van der Waals surface area contributed by atoms with E-state index in [4.69, 9.17) is 0 Å². The number of para-hydroxylation sites is 1. The summed E-state index contributed by atoms with van der Waals surface area (Å²) in [4.78, 5) is 0. The average Bonchev–Trinajstić information content (AvgIpc) is 2.98. The zero-order valence-electron chi connectivity index (χ0n) is 8.22. The van der Waals surface area contributed by atoms with E-state index in [1.165, 1.54) is 18.5 Å². The molecule has 0 aromatic heterocycles. The summed E-state index contributed by atoms with van der Waals surface area (Å²) in [5.74, 6) is 0. The van der Waals surface area contributed by atoms with Gasteiger partial charge in [0.25, 0.3) is 0 Å². The van der Waals surface area contributed by atoms with Crippen molar-refractivity contribution in [1.82, 2.24) is 0 Å². The zero-order valence-corrected chi connectivity index (χ0v) is 10.6. The van der Waals surface area contributed by atoms with Crippen molar-refractivity contribution < 1.29 is 0 Å². The Morgan fingerprint density at radius 2 is 2.14 bits per heavy atom. The van der Waals surface area contributed by atoms with Gasteiger partial charge in [0.05, 0.1) is 0 Å². The lowest BCUT2D eigenvalue weighted by atomic mass is 10.3. The van der Waals surface area contributed by atoms with Crippen molar-refractivity contribution in [1.29, 1.82) is 0 Å². The second-order valence-electron chi connectivity index (χ2n) is 3.72. The van der Waals surface area contributed by atoms with Gasteiger partial charge in [-0.3, -0.25) is 0 Å². The Labute approximate surface area is 97.8 Å². The van der Waals surface area contributed by atoms with Crippen LogP contribution in [0.2, 0.25) is 0 Å². The number of anilines is 1. The highest BCUT2D eigenvalue weighted by atomic mass is 79.9. The molecule has 14 heavy (non-hydrogen) atoms. The Balaban J connectivity index is 1.95. The van der Waals surface area contributed by atoms with Crippen molar-refractivity contribution >= 4 is 33.4 Å². The molecule has 2 rings (SSSR count). The molecule has 1 aliphatic carbocycles. The Morgan fingerprint density at radius 3 is 2.71 bits per heavy atom. The molecule has 0 bridgehead atoms. The number of hydrogen-bond acceptors (Lipinski definition) is 2. The summed E-state index contributed by atoms with van der Waals surface area (Å²) in [6.45, 7) is 1.08. The van der Waals surface area contributed by atoms with Crippen LogP contribution in [0.1, 0.15) is 12.8 Å². The van der Waals surface area contributed by atoms with E-state index in [-0.39, 0.29) is 0 Å². The molecule has 0 aliphatic heterocycles. The highest BCUT2D eigenvalue weighted by Crippen LogP contribution is 2.47. The topological polar surface area (TPSA) is 12.0 Å². The quantitative estimate of drug-likeness (QED) is 0.895. The van der Waals surface area contributed by atoms with Crippen LogP contribution < -0.4 is 5.32 Å². The van der Waals surface area contributed by atoms with Gasteiger partial charge in [0, 0.05) is 21.5 Å². The van der Waals surface area contributed by atoms with Crippen molar-refractivity contribution in [3.8, 4) is 0 Å². The largest absolute Gasteiger partial charge is 0.383 e. The lowest BCUT2D eigenvalue weighted by Gasteiger charge is -2.14. The van der Waals surface area contributed by atoms with Crippen LogP contribution in [0.3, 0.4) is 0 Å². The minimum absolute atomic E-state index is 0.523. The van der Waals surface area contributed by atoms with Crippen LogP contribution in [0.25, 0.3) is 0 Å². The predicted molar refractivity (Wildman–Crippen MR) is 68.1 cm³/mol. The standard InChI is InChI=1S/C11H14BrNS/c1-14-11(6-7-11)8-13-10-5-3-2-4-9(10)12/h2-5,13H,6-8H2,1H3. The second-order valence-corrected chi connectivity index (χ2v) is 5.85. The number of benzene rings is 1. The summed E-state index contributed by atoms with van der Waals surface area (Å²) in [7, 11) is 0. The Bertz CT molecular complexity index is 323. The molecule has 1 N–H and O–H groups in total. The number of hydrogen-bond donors (Lipinski definition) is 1. The van der Waals surface area contributed by atoms with E-state index in [0.29, 0.717) is 4.75 Å². The molecule has 0 saturated heterocycles. The maximum atomic E-state index is 3.54. The molecule has 0 atom stereocenters. The van der Waals surface area contributed by atoms with Crippen molar-refractivity contribution in [3.63, 3.8) is 0 Å². The predicted octanol–water partition coefficient (Wildman–Crippen LogP) is 3.76. The van der Waals surface area contributed by atoms with Crippen molar-refractivity contribution in [2.24, 2.45) is 0 Å². The van der Waals surface area contributed by atoms with E-state index in [2.05, 4.69) is 45.7 Å². The number of thioether (sulfide) groups is 1. The maximum Gasteiger partial charge on any atom is 0.0485 e. The van der Waals surface area contributed by atoms with Gasteiger partial charge in [0.15, 0.2) is 0 Å². The summed E-state index contributed by atoms with van der Waals surface area (Å²) in [6.07, 6.45) is 4.91. The van der Waals surface area contributed by atoms with Crippen LogP contribution in [-0.2, 0) is 0 Å². The van der Waals surface area contributed by atoms with Gasteiger partial charge in [0.1, 0.15) is 0 Å². The zero-order chi connectivity index (χ0) is 10.0. The van der Waals surface area contributed by atoms with E-state index in [0.717, 1.165) is 11.0 Å². The van der Waals surface area contributed by atoms with Crippen LogP contribution >= 0.6 is 27.7 Å². The molecule has 0 heterocycles. The van der Waals surface area contributed by atoms with Gasteiger partial charge in [-0.05, 0) is 47.2 Å². The van der Waals surface area contributed by atoms with Gasteiger partial charge in [-0.25, -0.2) is 0 Å². The van der Waals surface area contributed by atoms with Gasteiger partial charge in [-0.15, -0.1) is 0 Å². The molecule has 0 amide bonds. The molecule has 0 radical (unpaired) electrons. The molecule has 1 fully saturated rings. The minimum atomic E-state index is 0.523. The minimum Gasteiger partial charge on any atom is -0.383 e. The first-order chi connectivity index (χ1) is 6.76. The molecule has 3 heteroatoms. The van der Waals surface area contributed by atoms with E-state index in [1.807, 2.05) is 17.8 Å². The lowest BCUT2D eigenvalue weighted by Crippen LogP contribution is -2.17. The maximum absolute atomic E-state index is 3.54. The Hall–Kier alpha value is -0.150.